The van der Waals surface area contributed by atoms with E-state index in [1.807, 2.05) is 24.3 Å². The van der Waals surface area contributed by atoms with Gasteiger partial charge in [0.1, 0.15) is 5.69 Å². The molecule has 3 aromatic rings. The second-order valence-electron chi connectivity index (χ2n) is 7.90. The van der Waals surface area contributed by atoms with Gasteiger partial charge in [0.25, 0.3) is 5.91 Å². The van der Waals surface area contributed by atoms with Crippen LogP contribution in [-0.4, -0.2) is 30.3 Å². The van der Waals surface area contributed by atoms with Crippen LogP contribution in [-0.2, 0) is 10.0 Å². The van der Waals surface area contributed by atoms with Crippen molar-refractivity contribution >= 4 is 44.8 Å². The Labute approximate surface area is 185 Å². The first-order valence-corrected chi connectivity index (χ1v) is 11.9. The summed E-state index contributed by atoms with van der Waals surface area (Å²) in [5.74, 6) is 0.780. The Hall–Kier alpha value is -3.50. The van der Waals surface area contributed by atoms with Crippen molar-refractivity contribution < 1.29 is 13.2 Å². The molecular weight excluding hydrogens is 428 g/mol. The summed E-state index contributed by atoms with van der Waals surface area (Å²) in [4.78, 5) is 24.1. The number of nitrogens with two attached hydrogens (primary N) is 1. The number of aromatic nitrogens is 2. The third kappa shape index (κ3) is 3.78. The van der Waals surface area contributed by atoms with Gasteiger partial charge in [0.15, 0.2) is 5.82 Å². The minimum Gasteiger partial charge on any atom is -0.324 e. The van der Waals surface area contributed by atoms with Crippen molar-refractivity contribution in [2.45, 2.75) is 36.6 Å². The zero-order valence-electron chi connectivity index (χ0n) is 17.2. The number of para-hydroxylation sites is 1. The van der Waals surface area contributed by atoms with Crippen molar-refractivity contribution in [3.05, 3.63) is 60.3 Å². The highest BCUT2D eigenvalue weighted by Crippen LogP contribution is 2.41. The van der Waals surface area contributed by atoms with Crippen molar-refractivity contribution in [2.75, 3.05) is 15.5 Å². The highest BCUT2D eigenvalue weighted by atomic mass is 32.2. The van der Waals surface area contributed by atoms with Gasteiger partial charge in [0.2, 0.25) is 16.0 Å². The number of anilines is 5. The minimum atomic E-state index is -3.76. The molecule has 32 heavy (non-hydrogen) atoms. The van der Waals surface area contributed by atoms with Crippen LogP contribution in [0.3, 0.4) is 0 Å². The van der Waals surface area contributed by atoms with E-state index in [9.17, 15) is 13.2 Å². The zero-order chi connectivity index (χ0) is 22.3. The molecule has 0 atom stereocenters. The molecule has 2 heterocycles. The fourth-order valence-electron chi connectivity index (χ4n) is 4.27. The first-order valence-electron chi connectivity index (χ1n) is 10.4. The number of rotatable bonds is 4. The molecule has 10 heteroatoms. The zero-order valence-corrected chi connectivity index (χ0v) is 18.0. The lowest BCUT2D eigenvalue weighted by atomic mass is 10.1. The summed E-state index contributed by atoms with van der Waals surface area (Å²) < 4.78 is 23.0. The highest BCUT2D eigenvalue weighted by Gasteiger charge is 2.33. The lowest BCUT2D eigenvalue weighted by molar-refractivity contribution is 0.102. The van der Waals surface area contributed by atoms with Gasteiger partial charge in [-0.3, -0.25) is 4.79 Å². The van der Waals surface area contributed by atoms with Crippen LogP contribution in [0.2, 0.25) is 0 Å². The van der Waals surface area contributed by atoms with Crippen molar-refractivity contribution in [1.29, 1.82) is 0 Å². The van der Waals surface area contributed by atoms with E-state index < -0.39 is 10.0 Å². The monoisotopic (exact) mass is 450 g/mol. The molecule has 1 aliphatic heterocycles. The molecule has 1 amide bonds. The summed E-state index contributed by atoms with van der Waals surface area (Å²) in [6.45, 7) is 0. The van der Waals surface area contributed by atoms with Crippen LogP contribution in [0.4, 0.5) is 28.8 Å². The summed E-state index contributed by atoms with van der Waals surface area (Å²) in [5, 5.41) is 11.2. The lowest BCUT2D eigenvalue weighted by Crippen LogP contribution is -2.30. The van der Waals surface area contributed by atoms with E-state index in [1.165, 1.54) is 12.1 Å². The van der Waals surface area contributed by atoms with Crippen LogP contribution < -0.4 is 20.7 Å². The van der Waals surface area contributed by atoms with Crippen molar-refractivity contribution in [1.82, 2.24) is 9.97 Å². The van der Waals surface area contributed by atoms with Gasteiger partial charge in [-0.05, 0) is 49.2 Å². The number of carbonyl (C=O) groups is 1. The van der Waals surface area contributed by atoms with Crippen LogP contribution in [0.1, 0.15) is 36.0 Å². The summed E-state index contributed by atoms with van der Waals surface area (Å²) >= 11 is 0. The summed E-state index contributed by atoms with van der Waals surface area (Å²) in [6.07, 6.45) is 5.89. The van der Waals surface area contributed by atoms with Crippen LogP contribution in [0, 0.1) is 0 Å². The Morgan fingerprint density at radius 2 is 1.78 bits per heavy atom. The summed E-state index contributed by atoms with van der Waals surface area (Å²) in [6, 6.07) is 13.8. The average molecular weight is 451 g/mol. The van der Waals surface area contributed by atoms with E-state index in [2.05, 4.69) is 20.5 Å². The van der Waals surface area contributed by atoms with Crippen LogP contribution in [0.15, 0.2) is 59.6 Å². The first kappa shape index (κ1) is 20.4. The molecule has 1 fully saturated rings. The third-order valence-electron chi connectivity index (χ3n) is 5.78. The Balaban J connectivity index is 1.54. The van der Waals surface area contributed by atoms with E-state index in [4.69, 9.17) is 10.1 Å². The van der Waals surface area contributed by atoms with Gasteiger partial charge < -0.3 is 15.5 Å². The molecule has 4 N–H and O–H groups in total. The van der Waals surface area contributed by atoms with E-state index in [0.717, 1.165) is 31.4 Å². The summed E-state index contributed by atoms with van der Waals surface area (Å²) in [5.41, 5.74) is 2.60. The summed E-state index contributed by atoms with van der Waals surface area (Å²) in [7, 11) is -3.76. The SMILES string of the molecule is NS(=O)(=O)c1ccc(Nc2ncc3c(n2)N(C2CCCC2)c2ccccc2C(=O)N3)cc1. The lowest BCUT2D eigenvalue weighted by Gasteiger charge is -2.30. The molecule has 9 nitrogen and oxygen atoms in total. The normalized spacial score (nSPS) is 16.2. The largest absolute Gasteiger partial charge is 0.324 e. The van der Waals surface area contributed by atoms with E-state index in [0.29, 0.717) is 28.7 Å². The number of nitrogens with one attached hydrogen (secondary N) is 2. The average Bonchev–Trinajstić information content (AvgIpc) is 3.26. The predicted molar refractivity (Wildman–Crippen MR) is 122 cm³/mol. The fourth-order valence-corrected chi connectivity index (χ4v) is 4.79. The maximum atomic E-state index is 12.8. The van der Waals surface area contributed by atoms with Gasteiger partial charge in [-0.25, -0.2) is 18.5 Å². The molecule has 0 bridgehead atoms. The molecule has 1 aliphatic carbocycles. The number of hydrogen-bond acceptors (Lipinski definition) is 7. The van der Waals surface area contributed by atoms with Crippen molar-refractivity contribution in [3.63, 3.8) is 0 Å². The Kier molecular flexibility index (Phi) is 5.03. The molecule has 0 radical (unpaired) electrons. The van der Waals surface area contributed by atoms with Crippen LogP contribution in [0.5, 0.6) is 0 Å². The highest BCUT2D eigenvalue weighted by molar-refractivity contribution is 7.89. The van der Waals surface area contributed by atoms with Gasteiger partial charge in [0.05, 0.1) is 22.3 Å². The minimum absolute atomic E-state index is 0.0256. The van der Waals surface area contributed by atoms with Gasteiger partial charge in [0, 0.05) is 11.7 Å². The number of amides is 1. The molecule has 0 spiro atoms. The van der Waals surface area contributed by atoms with Gasteiger partial charge in [-0.1, -0.05) is 25.0 Å². The molecule has 0 unspecified atom stereocenters. The maximum Gasteiger partial charge on any atom is 0.257 e. The topological polar surface area (TPSA) is 130 Å². The van der Waals surface area contributed by atoms with Crippen molar-refractivity contribution in [2.24, 2.45) is 5.14 Å². The Bertz CT molecular complexity index is 1290. The van der Waals surface area contributed by atoms with Crippen LogP contribution >= 0.6 is 0 Å². The number of primary sulfonamides is 1. The second-order valence-corrected chi connectivity index (χ2v) is 9.47. The standard InChI is InChI=1S/C22H22N6O3S/c23-32(30,31)16-11-9-14(10-12-16)25-22-24-13-18-20(27-22)28(15-5-1-2-6-15)19-8-4-3-7-17(19)21(29)26-18/h3-4,7-13,15H,1-2,5-6H2,(H,26,29)(H2,23,30,31)(H,24,25,27). The van der Waals surface area contributed by atoms with Crippen molar-refractivity contribution in [3.8, 4) is 0 Å². The van der Waals surface area contributed by atoms with E-state index >= 15 is 0 Å². The Morgan fingerprint density at radius 3 is 2.50 bits per heavy atom. The molecule has 2 aromatic carbocycles. The van der Waals surface area contributed by atoms with E-state index in [1.54, 1.807) is 18.3 Å². The number of benzene rings is 2. The number of nitrogens with zero attached hydrogens (tertiary/aromatic N) is 3. The predicted octanol–water partition coefficient (Wildman–Crippen LogP) is 3.51. The third-order valence-corrected chi connectivity index (χ3v) is 6.71. The van der Waals surface area contributed by atoms with Crippen LogP contribution in [0.25, 0.3) is 0 Å². The molecule has 0 saturated heterocycles. The second kappa shape index (κ2) is 7.88. The van der Waals surface area contributed by atoms with Gasteiger partial charge >= 0.3 is 0 Å². The van der Waals surface area contributed by atoms with E-state index in [-0.39, 0.29) is 16.8 Å². The molecule has 2 aliphatic rings. The number of sulfonamides is 1. The number of hydrogen-bond donors (Lipinski definition) is 3. The fraction of sp³-hybridized carbons (Fsp3) is 0.227. The quantitative estimate of drug-likeness (QED) is 0.554. The maximum absolute atomic E-state index is 12.8. The molecule has 5 rings (SSSR count). The molecular formula is C22H22N6O3S. The molecule has 164 valence electrons. The number of fused-ring (bicyclic) bond motifs is 2. The number of carbonyl (C=O) groups excluding carboxylic acids is 1. The molecule has 1 saturated carbocycles. The smallest absolute Gasteiger partial charge is 0.257 e. The molecule has 1 aromatic heterocycles. The van der Waals surface area contributed by atoms with Gasteiger partial charge in [-0.2, -0.15) is 4.98 Å². The Morgan fingerprint density at radius 1 is 1.06 bits per heavy atom. The first-order chi connectivity index (χ1) is 15.4. The van der Waals surface area contributed by atoms with Gasteiger partial charge in [-0.15, -0.1) is 0 Å².